The van der Waals surface area contributed by atoms with E-state index in [-0.39, 0.29) is 23.8 Å². The van der Waals surface area contributed by atoms with Gasteiger partial charge < -0.3 is 5.32 Å². The molecule has 4 heteroatoms. The maximum atomic E-state index is 12.4. The van der Waals surface area contributed by atoms with Gasteiger partial charge in [-0.15, -0.1) is 0 Å². The first kappa shape index (κ1) is 15.5. The average Bonchev–Trinajstić information content (AvgIpc) is 2.52. The predicted octanol–water partition coefficient (Wildman–Crippen LogP) is 4.97. The lowest BCUT2D eigenvalue weighted by molar-refractivity contribution is -0.126. The Hall–Kier alpha value is -1.35. The highest BCUT2D eigenvalue weighted by molar-refractivity contribution is 6.30. The second-order valence-corrected chi connectivity index (χ2v) is 6.63. The molecule has 2 nitrogen and oxygen atoms in total. The molecule has 0 aromatic heterocycles. The van der Waals surface area contributed by atoms with E-state index in [1.54, 1.807) is 0 Å². The summed E-state index contributed by atoms with van der Waals surface area (Å²) in [6.07, 6.45) is 0.507. The van der Waals surface area contributed by atoms with Gasteiger partial charge in [0.25, 0.3) is 0 Å². The van der Waals surface area contributed by atoms with Crippen LogP contribution in [0.2, 0.25) is 10.0 Å². The van der Waals surface area contributed by atoms with Gasteiger partial charge in [-0.3, -0.25) is 4.79 Å². The summed E-state index contributed by atoms with van der Waals surface area (Å²) < 4.78 is 0. The fourth-order valence-electron chi connectivity index (χ4n) is 2.96. The smallest absolute Gasteiger partial charge is 0.139 e. The minimum absolute atomic E-state index is 0.000746. The van der Waals surface area contributed by atoms with Gasteiger partial charge in [0, 0.05) is 34.5 Å². The molecular weight excluding hydrogens is 317 g/mol. The van der Waals surface area contributed by atoms with Crippen LogP contribution in [0.3, 0.4) is 0 Å². The number of halogens is 2. The van der Waals surface area contributed by atoms with E-state index in [4.69, 9.17) is 23.2 Å². The molecule has 1 heterocycles. The van der Waals surface area contributed by atoms with Crippen LogP contribution in [0.4, 0.5) is 0 Å². The molecule has 0 aliphatic carbocycles. The van der Waals surface area contributed by atoms with Crippen molar-refractivity contribution in [3.8, 4) is 0 Å². The number of benzene rings is 2. The number of nitrogens with one attached hydrogen (secondary N) is 1. The molecule has 2 aromatic rings. The zero-order chi connectivity index (χ0) is 15.7. The van der Waals surface area contributed by atoms with E-state index in [1.165, 1.54) is 0 Å². The molecule has 0 amide bonds. The van der Waals surface area contributed by atoms with E-state index >= 15 is 0 Å². The van der Waals surface area contributed by atoms with Gasteiger partial charge in [-0.25, -0.2) is 0 Å². The lowest BCUT2D eigenvalue weighted by atomic mass is 9.82. The summed E-state index contributed by atoms with van der Waals surface area (Å²) in [4.78, 5) is 12.4. The van der Waals surface area contributed by atoms with E-state index in [9.17, 15) is 4.79 Å². The van der Waals surface area contributed by atoms with Gasteiger partial charge in [-0.05, 0) is 35.4 Å². The molecule has 3 atom stereocenters. The molecule has 0 unspecified atom stereocenters. The molecule has 1 aliphatic heterocycles. The minimum Gasteiger partial charge on any atom is -0.302 e. The first-order valence-electron chi connectivity index (χ1n) is 7.34. The maximum absolute atomic E-state index is 12.4. The number of hydrogen-bond acceptors (Lipinski definition) is 2. The number of carbonyl (C=O) groups is 1. The monoisotopic (exact) mass is 333 g/mol. The molecule has 0 bridgehead atoms. The van der Waals surface area contributed by atoms with Gasteiger partial charge in [0.05, 0.1) is 0 Å². The fraction of sp³-hybridized carbons (Fsp3) is 0.278. The highest BCUT2D eigenvalue weighted by Gasteiger charge is 2.34. The highest BCUT2D eigenvalue weighted by Crippen LogP contribution is 2.35. The predicted molar refractivity (Wildman–Crippen MR) is 90.3 cm³/mol. The van der Waals surface area contributed by atoms with E-state index in [2.05, 4.69) is 5.32 Å². The molecule has 2 aromatic carbocycles. The zero-order valence-electron chi connectivity index (χ0n) is 12.2. The summed E-state index contributed by atoms with van der Waals surface area (Å²) in [7, 11) is 0. The lowest BCUT2D eigenvalue weighted by Crippen LogP contribution is -2.41. The quantitative estimate of drug-likeness (QED) is 0.840. The molecular formula is C18H17Cl2NO. The van der Waals surface area contributed by atoms with Crippen molar-refractivity contribution in [3.63, 3.8) is 0 Å². The van der Waals surface area contributed by atoms with E-state index < -0.39 is 0 Å². The molecule has 22 heavy (non-hydrogen) atoms. The van der Waals surface area contributed by atoms with Gasteiger partial charge >= 0.3 is 0 Å². The fourth-order valence-corrected chi connectivity index (χ4v) is 3.21. The van der Waals surface area contributed by atoms with Crippen molar-refractivity contribution in [3.05, 3.63) is 69.7 Å². The third-order valence-electron chi connectivity index (χ3n) is 4.30. The van der Waals surface area contributed by atoms with Crippen molar-refractivity contribution >= 4 is 29.0 Å². The molecule has 1 saturated heterocycles. The molecule has 0 radical (unpaired) electrons. The number of Topliss-reactive ketones (excluding diaryl/α,β-unsaturated/α-hetero) is 1. The first-order valence-corrected chi connectivity index (χ1v) is 8.10. The lowest BCUT2D eigenvalue weighted by Gasteiger charge is -2.35. The Morgan fingerprint density at radius 3 is 1.95 bits per heavy atom. The maximum Gasteiger partial charge on any atom is 0.139 e. The molecule has 1 fully saturated rings. The van der Waals surface area contributed by atoms with Crippen LogP contribution in [0.25, 0.3) is 0 Å². The molecule has 0 saturated carbocycles. The second kappa shape index (κ2) is 6.41. The minimum atomic E-state index is -0.0512. The van der Waals surface area contributed by atoms with Crippen LogP contribution >= 0.6 is 23.2 Å². The Bertz CT molecular complexity index is 666. The van der Waals surface area contributed by atoms with Gasteiger partial charge in [0.2, 0.25) is 0 Å². The second-order valence-electron chi connectivity index (χ2n) is 5.76. The van der Waals surface area contributed by atoms with Gasteiger partial charge in [-0.2, -0.15) is 0 Å². The Morgan fingerprint density at radius 2 is 1.41 bits per heavy atom. The van der Waals surface area contributed by atoms with Crippen molar-refractivity contribution < 1.29 is 4.79 Å². The number of rotatable bonds is 2. The van der Waals surface area contributed by atoms with Crippen LogP contribution in [0, 0.1) is 5.92 Å². The van der Waals surface area contributed by atoms with Crippen LogP contribution < -0.4 is 5.32 Å². The number of carbonyl (C=O) groups excluding carboxylic acids is 1. The summed E-state index contributed by atoms with van der Waals surface area (Å²) in [5.74, 6) is 0.225. The third-order valence-corrected chi connectivity index (χ3v) is 4.80. The summed E-state index contributed by atoms with van der Waals surface area (Å²) in [5.41, 5.74) is 2.17. The van der Waals surface area contributed by atoms with Crippen LogP contribution in [0.5, 0.6) is 0 Å². The van der Waals surface area contributed by atoms with E-state index in [1.807, 2.05) is 55.5 Å². The van der Waals surface area contributed by atoms with Crippen molar-refractivity contribution in [2.75, 3.05) is 0 Å². The van der Waals surface area contributed by atoms with Crippen LogP contribution in [-0.2, 0) is 4.79 Å². The summed E-state index contributed by atoms with van der Waals surface area (Å²) >= 11 is 11.9. The van der Waals surface area contributed by atoms with Crippen molar-refractivity contribution in [2.24, 2.45) is 5.92 Å². The number of piperidine rings is 1. The number of ketones is 1. The Balaban J connectivity index is 1.88. The first-order chi connectivity index (χ1) is 10.5. The van der Waals surface area contributed by atoms with Crippen molar-refractivity contribution in [1.29, 1.82) is 0 Å². The molecule has 3 rings (SSSR count). The number of hydrogen-bond donors (Lipinski definition) is 1. The Morgan fingerprint density at radius 1 is 0.909 bits per heavy atom. The van der Waals surface area contributed by atoms with Crippen molar-refractivity contribution in [2.45, 2.75) is 25.4 Å². The zero-order valence-corrected chi connectivity index (χ0v) is 13.7. The summed E-state index contributed by atoms with van der Waals surface area (Å²) in [6, 6.07) is 15.4. The van der Waals surface area contributed by atoms with E-state index in [0.717, 1.165) is 11.1 Å². The topological polar surface area (TPSA) is 29.1 Å². The Labute approximate surface area is 140 Å². The van der Waals surface area contributed by atoms with Crippen molar-refractivity contribution in [1.82, 2.24) is 5.32 Å². The highest BCUT2D eigenvalue weighted by atomic mass is 35.5. The molecule has 1 N–H and O–H groups in total. The standard InChI is InChI=1S/C18H17Cl2NO/c1-11-17(22)10-16(12-2-6-14(19)7-3-12)21-18(11)13-4-8-15(20)9-5-13/h2-9,11,16,18,21H,10H2,1H3/t11-,16-,18-/m1/s1. The van der Waals surface area contributed by atoms with Gasteiger partial charge in [-0.1, -0.05) is 54.4 Å². The van der Waals surface area contributed by atoms with E-state index in [0.29, 0.717) is 16.5 Å². The normalized spacial score (nSPS) is 25.2. The third kappa shape index (κ3) is 3.19. The average molecular weight is 334 g/mol. The van der Waals surface area contributed by atoms with Gasteiger partial charge in [0.1, 0.15) is 5.78 Å². The van der Waals surface area contributed by atoms with Gasteiger partial charge in [0.15, 0.2) is 0 Å². The van der Waals surface area contributed by atoms with Crippen LogP contribution in [0.1, 0.15) is 36.6 Å². The van der Waals surface area contributed by atoms with Crippen LogP contribution in [-0.4, -0.2) is 5.78 Å². The summed E-state index contributed by atoms with van der Waals surface area (Å²) in [5, 5.41) is 5.00. The molecule has 1 aliphatic rings. The van der Waals surface area contributed by atoms with Crippen LogP contribution in [0.15, 0.2) is 48.5 Å². The Kier molecular flexibility index (Phi) is 4.53. The largest absolute Gasteiger partial charge is 0.302 e. The molecule has 114 valence electrons. The SMILES string of the molecule is C[C@@H]1C(=O)C[C@H](c2ccc(Cl)cc2)N[C@H]1c1ccc(Cl)cc1. The summed E-state index contributed by atoms with van der Waals surface area (Å²) in [6.45, 7) is 1.98. The molecule has 0 spiro atoms.